The quantitative estimate of drug-likeness (QED) is 0.512. The average Bonchev–Trinajstić information content (AvgIpc) is 3.28. The third-order valence-electron chi connectivity index (χ3n) is 4.39. The summed E-state index contributed by atoms with van der Waals surface area (Å²) in [6.07, 6.45) is 0. The predicted octanol–water partition coefficient (Wildman–Crippen LogP) is 5.05. The van der Waals surface area contributed by atoms with Crippen molar-refractivity contribution in [3.8, 4) is 22.5 Å². The van der Waals surface area contributed by atoms with Crippen molar-refractivity contribution in [1.82, 2.24) is 14.8 Å². The second-order valence-corrected chi connectivity index (χ2v) is 7.48. The van der Waals surface area contributed by atoms with Gasteiger partial charge in [-0.3, -0.25) is 9.48 Å². The van der Waals surface area contributed by atoms with Crippen LogP contribution in [0.3, 0.4) is 0 Å². The number of thiazole rings is 1. The lowest BCUT2D eigenvalue weighted by Crippen LogP contribution is -2.16. The fourth-order valence-electron chi connectivity index (χ4n) is 3.00. The van der Waals surface area contributed by atoms with Gasteiger partial charge in [0, 0.05) is 29.6 Å². The third-order valence-corrected chi connectivity index (χ3v) is 5.16. The molecule has 4 rings (SSSR count). The lowest BCUT2D eigenvalue weighted by molar-refractivity contribution is 0.101. The van der Waals surface area contributed by atoms with Gasteiger partial charge in [-0.05, 0) is 31.2 Å². The van der Waals surface area contributed by atoms with Gasteiger partial charge in [0.25, 0.3) is 5.91 Å². The Kier molecular flexibility index (Phi) is 4.94. The van der Waals surface area contributed by atoms with Gasteiger partial charge in [0.15, 0.2) is 0 Å². The summed E-state index contributed by atoms with van der Waals surface area (Å²) < 4.78 is 28.6. The fraction of sp³-hybridized carbons (Fsp3) is 0.0952. The monoisotopic (exact) mass is 410 g/mol. The molecule has 0 saturated carbocycles. The summed E-state index contributed by atoms with van der Waals surface area (Å²) in [7, 11) is 1.59. The molecular formula is C21H16F2N4OS. The summed E-state index contributed by atoms with van der Waals surface area (Å²) in [6, 6.07) is 12.1. The Hall–Kier alpha value is -3.39. The standard InChI is InChI=1S/C21H16F2N4OS/c1-12-24-19(11-29-12)15-5-3-4-6-17(15)25-21(28)20-10-18(26-27(20)2)14-8-7-13(22)9-16(14)23/h3-11H,1-2H3,(H,25,28). The molecule has 2 aromatic heterocycles. The van der Waals surface area contributed by atoms with E-state index < -0.39 is 17.5 Å². The Balaban J connectivity index is 1.64. The number of aromatic nitrogens is 3. The molecular weight excluding hydrogens is 394 g/mol. The van der Waals surface area contributed by atoms with E-state index in [1.54, 1.807) is 13.1 Å². The number of hydrogen-bond acceptors (Lipinski definition) is 4. The number of aryl methyl sites for hydroxylation is 2. The highest BCUT2D eigenvalue weighted by Crippen LogP contribution is 2.29. The maximum atomic E-state index is 14.1. The van der Waals surface area contributed by atoms with Crippen molar-refractivity contribution < 1.29 is 13.6 Å². The molecule has 8 heteroatoms. The molecule has 1 N–H and O–H groups in total. The van der Waals surface area contributed by atoms with Crippen LogP contribution in [-0.4, -0.2) is 20.7 Å². The molecule has 1 amide bonds. The van der Waals surface area contributed by atoms with Crippen molar-refractivity contribution in [2.45, 2.75) is 6.92 Å². The highest BCUT2D eigenvalue weighted by atomic mass is 32.1. The smallest absolute Gasteiger partial charge is 0.273 e. The first kappa shape index (κ1) is 18.9. The number of halogens is 2. The van der Waals surface area contributed by atoms with E-state index in [2.05, 4.69) is 15.4 Å². The molecule has 0 radical (unpaired) electrons. The Morgan fingerprint density at radius 3 is 2.59 bits per heavy atom. The Bertz CT molecular complexity index is 1220. The van der Waals surface area contributed by atoms with Crippen LogP contribution < -0.4 is 5.32 Å². The normalized spacial score (nSPS) is 10.9. The van der Waals surface area contributed by atoms with E-state index in [1.165, 1.54) is 28.2 Å². The lowest BCUT2D eigenvalue weighted by Gasteiger charge is -2.09. The Morgan fingerprint density at radius 1 is 1.07 bits per heavy atom. The molecule has 2 heterocycles. The first-order valence-electron chi connectivity index (χ1n) is 8.74. The van der Waals surface area contributed by atoms with Gasteiger partial charge >= 0.3 is 0 Å². The van der Waals surface area contributed by atoms with Gasteiger partial charge in [0.2, 0.25) is 0 Å². The molecule has 0 aliphatic carbocycles. The van der Waals surface area contributed by atoms with E-state index in [1.807, 2.05) is 30.5 Å². The van der Waals surface area contributed by atoms with Crippen molar-refractivity contribution in [2.24, 2.45) is 7.05 Å². The molecule has 5 nitrogen and oxygen atoms in total. The van der Waals surface area contributed by atoms with Gasteiger partial charge < -0.3 is 5.32 Å². The van der Waals surface area contributed by atoms with E-state index in [-0.39, 0.29) is 17.0 Å². The number of nitrogens with zero attached hydrogens (tertiary/aromatic N) is 3. The minimum atomic E-state index is -0.737. The molecule has 0 atom stereocenters. The van der Waals surface area contributed by atoms with E-state index in [9.17, 15) is 13.6 Å². The number of amides is 1. The summed E-state index contributed by atoms with van der Waals surface area (Å²) in [4.78, 5) is 17.3. The van der Waals surface area contributed by atoms with Crippen molar-refractivity contribution >= 4 is 22.9 Å². The molecule has 0 aliphatic rings. The van der Waals surface area contributed by atoms with E-state index in [0.717, 1.165) is 28.4 Å². The number of benzene rings is 2. The van der Waals surface area contributed by atoms with Gasteiger partial charge in [-0.25, -0.2) is 13.8 Å². The van der Waals surface area contributed by atoms with Crippen LogP contribution in [0.15, 0.2) is 53.9 Å². The first-order chi connectivity index (χ1) is 13.9. The zero-order valence-electron chi connectivity index (χ0n) is 15.6. The second kappa shape index (κ2) is 7.56. The van der Waals surface area contributed by atoms with Crippen LogP contribution in [0.5, 0.6) is 0 Å². The van der Waals surface area contributed by atoms with E-state index in [4.69, 9.17) is 0 Å². The summed E-state index contributed by atoms with van der Waals surface area (Å²) in [5.41, 5.74) is 2.81. The number of carbonyl (C=O) groups excluding carboxylic acids is 1. The minimum Gasteiger partial charge on any atom is -0.320 e. The van der Waals surface area contributed by atoms with Crippen LogP contribution in [0.4, 0.5) is 14.5 Å². The van der Waals surface area contributed by atoms with Crippen LogP contribution >= 0.6 is 11.3 Å². The predicted molar refractivity (Wildman–Crippen MR) is 109 cm³/mol. The molecule has 0 unspecified atom stereocenters. The third kappa shape index (κ3) is 3.79. The number of nitrogens with one attached hydrogen (secondary N) is 1. The van der Waals surface area contributed by atoms with Gasteiger partial charge in [0.1, 0.15) is 17.3 Å². The second-order valence-electron chi connectivity index (χ2n) is 6.41. The zero-order chi connectivity index (χ0) is 20.5. The molecule has 146 valence electrons. The molecule has 0 fully saturated rings. The highest BCUT2D eigenvalue weighted by Gasteiger charge is 2.18. The zero-order valence-corrected chi connectivity index (χ0v) is 16.4. The first-order valence-corrected chi connectivity index (χ1v) is 9.62. The van der Waals surface area contributed by atoms with Gasteiger partial charge in [-0.15, -0.1) is 11.3 Å². The molecule has 4 aromatic rings. The van der Waals surface area contributed by atoms with Crippen molar-refractivity contribution in [3.63, 3.8) is 0 Å². The lowest BCUT2D eigenvalue weighted by atomic mass is 10.1. The van der Waals surface area contributed by atoms with Gasteiger partial charge in [0.05, 0.1) is 22.1 Å². The van der Waals surface area contributed by atoms with E-state index >= 15 is 0 Å². The van der Waals surface area contributed by atoms with Gasteiger partial charge in [-0.1, -0.05) is 18.2 Å². The van der Waals surface area contributed by atoms with E-state index in [0.29, 0.717) is 5.69 Å². The van der Waals surface area contributed by atoms with Crippen LogP contribution in [0.2, 0.25) is 0 Å². The molecule has 0 saturated heterocycles. The number of para-hydroxylation sites is 1. The number of hydrogen-bond donors (Lipinski definition) is 1. The average molecular weight is 410 g/mol. The van der Waals surface area contributed by atoms with Crippen LogP contribution in [0.25, 0.3) is 22.5 Å². The van der Waals surface area contributed by atoms with Gasteiger partial charge in [-0.2, -0.15) is 5.10 Å². The highest BCUT2D eigenvalue weighted by molar-refractivity contribution is 7.09. The van der Waals surface area contributed by atoms with Crippen molar-refractivity contribution in [1.29, 1.82) is 0 Å². The van der Waals surface area contributed by atoms with Crippen LogP contribution in [0.1, 0.15) is 15.5 Å². The molecule has 0 aliphatic heterocycles. The topological polar surface area (TPSA) is 59.8 Å². The molecule has 0 spiro atoms. The Labute approximate surface area is 169 Å². The minimum absolute atomic E-state index is 0.124. The molecule has 0 bridgehead atoms. The largest absolute Gasteiger partial charge is 0.320 e. The van der Waals surface area contributed by atoms with Crippen LogP contribution in [-0.2, 0) is 7.05 Å². The summed E-state index contributed by atoms with van der Waals surface area (Å²) in [6.45, 7) is 1.92. The number of carbonyl (C=O) groups is 1. The molecule has 2 aromatic carbocycles. The van der Waals surface area contributed by atoms with Crippen LogP contribution in [0, 0.1) is 18.6 Å². The number of anilines is 1. The molecule has 29 heavy (non-hydrogen) atoms. The summed E-state index contributed by atoms with van der Waals surface area (Å²) in [5.74, 6) is -1.80. The number of rotatable bonds is 4. The van der Waals surface area contributed by atoms with Crippen molar-refractivity contribution in [2.75, 3.05) is 5.32 Å². The maximum Gasteiger partial charge on any atom is 0.273 e. The summed E-state index contributed by atoms with van der Waals surface area (Å²) >= 11 is 1.53. The van der Waals surface area contributed by atoms with Crippen molar-refractivity contribution in [3.05, 3.63) is 76.2 Å². The Morgan fingerprint density at radius 2 is 1.86 bits per heavy atom. The SMILES string of the molecule is Cc1nc(-c2ccccc2NC(=O)c2cc(-c3ccc(F)cc3F)nn2C)cs1. The maximum absolute atomic E-state index is 14.1. The summed E-state index contributed by atoms with van der Waals surface area (Å²) in [5, 5.41) is 9.94. The fourth-order valence-corrected chi connectivity index (χ4v) is 3.61.